The van der Waals surface area contributed by atoms with Gasteiger partial charge in [-0.1, -0.05) is 23.7 Å². The highest BCUT2D eigenvalue weighted by Gasteiger charge is 2.57. The van der Waals surface area contributed by atoms with Gasteiger partial charge in [-0.3, -0.25) is 0 Å². The van der Waals surface area contributed by atoms with Gasteiger partial charge in [0.15, 0.2) is 6.29 Å². The molecule has 0 bridgehead atoms. The summed E-state index contributed by atoms with van der Waals surface area (Å²) < 4.78 is 22.2. The van der Waals surface area contributed by atoms with Gasteiger partial charge in [0.05, 0.1) is 0 Å². The Labute approximate surface area is 136 Å². The molecule has 5 nitrogen and oxygen atoms in total. The van der Waals surface area contributed by atoms with E-state index in [1.165, 1.54) is 7.11 Å². The molecule has 1 aliphatic rings. The van der Waals surface area contributed by atoms with Crippen LogP contribution in [0.5, 0.6) is 0 Å². The van der Waals surface area contributed by atoms with Crippen molar-refractivity contribution in [3.05, 3.63) is 34.3 Å². The smallest absolute Gasteiger partial charge is 0.186 e. The standard InChI is InChI=1S/C16H23ClO5/c1-9-6-7-10(8-11(9)17)12(18)13-16(2,21-5)14(19-3)15(20-4)22-13/h6-8,12-15,18H,1-5H3/t12-,13-,14+,15?,16-/m1/s1. The molecular weight excluding hydrogens is 308 g/mol. The summed E-state index contributed by atoms with van der Waals surface area (Å²) in [4.78, 5) is 0. The first kappa shape index (κ1) is 17.7. The number of hydrogen-bond donors (Lipinski definition) is 1. The summed E-state index contributed by atoms with van der Waals surface area (Å²) in [6.07, 6.45) is -2.63. The van der Waals surface area contributed by atoms with Crippen molar-refractivity contribution in [1.29, 1.82) is 0 Å². The fourth-order valence-electron chi connectivity index (χ4n) is 2.90. The first-order valence-electron chi connectivity index (χ1n) is 7.09. The van der Waals surface area contributed by atoms with Crippen LogP contribution in [0.3, 0.4) is 0 Å². The van der Waals surface area contributed by atoms with E-state index in [-0.39, 0.29) is 0 Å². The van der Waals surface area contributed by atoms with E-state index < -0.39 is 30.2 Å². The second-order valence-corrected chi connectivity index (χ2v) is 6.07. The van der Waals surface area contributed by atoms with Gasteiger partial charge in [-0.2, -0.15) is 0 Å². The van der Waals surface area contributed by atoms with Gasteiger partial charge >= 0.3 is 0 Å². The largest absolute Gasteiger partial charge is 0.386 e. The average Bonchev–Trinajstić information content (AvgIpc) is 2.81. The molecule has 1 fully saturated rings. The van der Waals surface area contributed by atoms with Gasteiger partial charge in [-0.05, 0) is 31.0 Å². The highest BCUT2D eigenvalue weighted by Crippen LogP contribution is 2.42. The van der Waals surface area contributed by atoms with Crippen LogP contribution >= 0.6 is 11.6 Å². The zero-order chi connectivity index (χ0) is 16.5. The highest BCUT2D eigenvalue weighted by molar-refractivity contribution is 6.31. The lowest BCUT2D eigenvalue weighted by molar-refractivity contribution is -0.168. The molecule has 0 aromatic heterocycles. The number of aliphatic hydroxyl groups is 1. The second kappa shape index (κ2) is 6.83. The van der Waals surface area contributed by atoms with Crippen LogP contribution in [0.15, 0.2) is 18.2 Å². The molecule has 6 heteroatoms. The second-order valence-electron chi connectivity index (χ2n) is 5.66. The third-order valence-electron chi connectivity index (χ3n) is 4.41. The third-order valence-corrected chi connectivity index (χ3v) is 4.82. The Kier molecular flexibility index (Phi) is 5.48. The van der Waals surface area contributed by atoms with Crippen molar-refractivity contribution in [2.45, 2.75) is 44.1 Å². The van der Waals surface area contributed by atoms with Crippen molar-refractivity contribution in [3.63, 3.8) is 0 Å². The molecule has 2 rings (SSSR count). The predicted molar refractivity (Wildman–Crippen MR) is 83.0 cm³/mol. The van der Waals surface area contributed by atoms with Crippen molar-refractivity contribution < 1.29 is 24.1 Å². The Morgan fingerprint density at radius 3 is 2.45 bits per heavy atom. The minimum absolute atomic E-state index is 0.455. The van der Waals surface area contributed by atoms with E-state index in [1.54, 1.807) is 20.3 Å². The molecule has 124 valence electrons. The molecule has 1 aromatic carbocycles. The summed E-state index contributed by atoms with van der Waals surface area (Å²) >= 11 is 6.15. The zero-order valence-electron chi connectivity index (χ0n) is 13.5. The van der Waals surface area contributed by atoms with Crippen LogP contribution in [-0.4, -0.2) is 50.5 Å². The predicted octanol–water partition coefficient (Wildman–Crippen LogP) is 2.47. The molecule has 1 aliphatic heterocycles. The molecule has 5 atom stereocenters. The molecule has 0 aliphatic carbocycles. The van der Waals surface area contributed by atoms with Crippen LogP contribution in [0.4, 0.5) is 0 Å². The van der Waals surface area contributed by atoms with Crippen molar-refractivity contribution in [2.75, 3.05) is 21.3 Å². The Bertz CT molecular complexity index is 523. The fraction of sp³-hybridized carbons (Fsp3) is 0.625. The number of benzene rings is 1. The molecule has 1 unspecified atom stereocenters. The first-order valence-corrected chi connectivity index (χ1v) is 7.47. The van der Waals surface area contributed by atoms with E-state index in [2.05, 4.69) is 0 Å². The Morgan fingerprint density at radius 2 is 1.95 bits per heavy atom. The number of halogens is 1. The van der Waals surface area contributed by atoms with Gasteiger partial charge < -0.3 is 24.1 Å². The van der Waals surface area contributed by atoms with E-state index >= 15 is 0 Å². The molecule has 0 saturated carbocycles. The van der Waals surface area contributed by atoms with Crippen molar-refractivity contribution >= 4 is 11.6 Å². The van der Waals surface area contributed by atoms with Gasteiger partial charge in [-0.15, -0.1) is 0 Å². The molecule has 1 saturated heterocycles. The quantitative estimate of drug-likeness (QED) is 0.898. The monoisotopic (exact) mass is 330 g/mol. The first-order chi connectivity index (χ1) is 10.4. The molecule has 0 radical (unpaired) electrons. The summed E-state index contributed by atoms with van der Waals surface area (Å²) in [6.45, 7) is 3.75. The number of methoxy groups -OCH3 is 3. The summed E-state index contributed by atoms with van der Waals surface area (Å²) in [6, 6.07) is 5.43. The molecule has 1 heterocycles. The Balaban J connectivity index is 2.34. The van der Waals surface area contributed by atoms with Crippen LogP contribution < -0.4 is 0 Å². The molecule has 0 spiro atoms. The minimum Gasteiger partial charge on any atom is -0.386 e. The van der Waals surface area contributed by atoms with Crippen LogP contribution in [0.25, 0.3) is 0 Å². The summed E-state index contributed by atoms with van der Waals surface area (Å²) in [5.41, 5.74) is 0.756. The molecule has 0 amide bonds. The van der Waals surface area contributed by atoms with Gasteiger partial charge in [-0.25, -0.2) is 0 Å². The topological polar surface area (TPSA) is 57.2 Å². The third kappa shape index (κ3) is 2.89. The van der Waals surface area contributed by atoms with E-state index in [1.807, 2.05) is 26.0 Å². The fourth-order valence-corrected chi connectivity index (χ4v) is 3.08. The van der Waals surface area contributed by atoms with E-state index in [9.17, 15) is 5.11 Å². The lowest BCUT2D eigenvalue weighted by Crippen LogP contribution is -2.50. The van der Waals surface area contributed by atoms with Gasteiger partial charge in [0, 0.05) is 26.4 Å². The van der Waals surface area contributed by atoms with Gasteiger partial charge in [0.1, 0.15) is 23.9 Å². The van der Waals surface area contributed by atoms with Gasteiger partial charge in [0.2, 0.25) is 0 Å². The summed E-state index contributed by atoms with van der Waals surface area (Å²) in [5.74, 6) is 0. The van der Waals surface area contributed by atoms with Crippen molar-refractivity contribution in [3.8, 4) is 0 Å². The maximum absolute atomic E-state index is 10.8. The van der Waals surface area contributed by atoms with Crippen LogP contribution in [0, 0.1) is 6.92 Å². The van der Waals surface area contributed by atoms with E-state index in [0.717, 1.165) is 5.56 Å². The zero-order valence-corrected chi connectivity index (χ0v) is 14.3. The highest BCUT2D eigenvalue weighted by atomic mass is 35.5. The SMILES string of the molecule is COC1O[C@H]([C@H](O)c2ccc(C)c(Cl)c2)[C@@](C)(OC)[C@H]1OC. The van der Waals surface area contributed by atoms with E-state index in [4.69, 9.17) is 30.5 Å². The lowest BCUT2D eigenvalue weighted by atomic mass is 9.88. The normalized spacial score (nSPS) is 33.1. The number of ether oxygens (including phenoxy) is 4. The van der Waals surface area contributed by atoms with E-state index in [0.29, 0.717) is 10.6 Å². The van der Waals surface area contributed by atoms with Gasteiger partial charge in [0.25, 0.3) is 0 Å². The summed E-state index contributed by atoms with van der Waals surface area (Å²) in [7, 11) is 4.66. The maximum atomic E-state index is 10.8. The molecular formula is C16H23ClO5. The lowest BCUT2D eigenvalue weighted by Gasteiger charge is -2.34. The molecule has 1 aromatic rings. The number of aryl methyl sites for hydroxylation is 1. The average molecular weight is 331 g/mol. The van der Waals surface area contributed by atoms with Crippen molar-refractivity contribution in [1.82, 2.24) is 0 Å². The van der Waals surface area contributed by atoms with Crippen LogP contribution in [0.1, 0.15) is 24.2 Å². The Hall–Kier alpha value is -0.690. The summed E-state index contributed by atoms with van der Waals surface area (Å²) in [5, 5.41) is 11.4. The van der Waals surface area contributed by atoms with Crippen LogP contribution in [0.2, 0.25) is 5.02 Å². The molecule has 22 heavy (non-hydrogen) atoms. The molecule has 1 N–H and O–H groups in total. The number of rotatable bonds is 5. The van der Waals surface area contributed by atoms with Crippen LogP contribution in [-0.2, 0) is 18.9 Å². The maximum Gasteiger partial charge on any atom is 0.186 e. The van der Waals surface area contributed by atoms with Crippen molar-refractivity contribution in [2.24, 2.45) is 0 Å². The number of hydrogen-bond acceptors (Lipinski definition) is 5. The Morgan fingerprint density at radius 1 is 1.27 bits per heavy atom. The minimum atomic E-state index is -0.916. The number of aliphatic hydroxyl groups excluding tert-OH is 1.